The van der Waals surface area contributed by atoms with Crippen LogP contribution in [0.4, 0.5) is 0 Å². The third kappa shape index (κ3) is 4.60. The van der Waals surface area contributed by atoms with Gasteiger partial charge in [0, 0.05) is 17.6 Å². The molecule has 0 spiro atoms. The van der Waals surface area contributed by atoms with Crippen LogP contribution in [0.3, 0.4) is 0 Å². The van der Waals surface area contributed by atoms with Gasteiger partial charge in [0.15, 0.2) is 16.6 Å². The monoisotopic (exact) mass is 494 g/mol. The summed E-state index contributed by atoms with van der Waals surface area (Å²) in [6.07, 6.45) is 1.47. The molecule has 0 radical (unpaired) electrons. The first-order chi connectivity index (χ1) is 13.8. The Balaban J connectivity index is 1.90. The van der Waals surface area contributed by atoms with E-state index in [1.807, 2.05) is 18.2 Å². The van der Waals surface area contributed by atoms with E-state index in [-0.39, 0.29) is 17.3 Å². The Hall–Kier alpha value is -2.42. The number of carbonyl (C=O) groups excluding carboxylic acids is 2. The summed E-state index contributed by atoms with van der Waals surface area (Å²) < 4.78 is 11.9. The van der Waals surface area contributed by atoms with Crippen LogP contribution in [0, 0.1) is 0 Å². The van der Waals surface area contributed by atoms with Gasteiger partial charge in [0.05, 0.1) is 11.6 Å². The molecule has 1 N–H and O–H groups in total. The van der Waals surface area contributed by atoms with Crippen LogP contribution in [0.25, 0.3) is 6.08 Å². The third-order valence-corrected chi connectivity index (χ3v) is 5.53. The molecule has 0 atom stereocenters. The predicted octanol–water partition coefficient (Wildman–Crippen LogP) is 3.95. The first kappa shape index (κ1) is 21.3. The van der Waals surface area contributed by atoms with Crippen molar-refractivity contribution in [3.8, 4) is 11.5 Å². The van der Waals surface area contributed by atoms with Gasteiger partial charge in [-0.1, -0.05) is 29.8 Å². The fraction of sp³-hybridized carbons (Fsp3) is 0.150. The van der Waals surface area contributed by atoms with Gasteiger partial charge in [-0.2, -0.15) is 0 Å². The minimum atomic E-state index is -0.549. The molecule has 0 saturated carbocycles. The Morgan fingerprint density at radius 3 is 2.69 bits per heavy atom. The van der Waals surface area contributed by atoms with Crippen LogP contribution in [0.2, 0.25) is 5.02 Å². The van der Waals surface area contributed by atoms with E-state index in [0.29, 0.717) is 26.6 Å². The van der Waals surface area contributed by atoms with E-state index in [1.165, 1.54) is 25.1 Å². The molecule has 3 rings (SSSR count). The molecule has 1 heterocycles. The molecule has 9 heteroatoms. The SMILES string of the molecule is COc1cc(/C=C2/C(=O)NC(=S)N(C)C2=O)cc(Br)c1OCc1ccccc1Cl. The Morgan fingerprint density at radius 1 is 1.28 bits per heavy atom. The summed E-state index contributed by atoms with van der Waals surface area (Å²) in [4.78, 5) is 25.7. The summed E-state index contributed by atoms with van der Waals surface area (Å²) in [6, 6.07) is 10.8. The van der Waals surface area contributed by atoms with Crippen molar-refractivity contribution in [3.05, 3.63) is 62.6 Å². The number of ether oxygens (including phenoxy) is 2. The minimum Gasteiger partial charge on any atom is -0.493 e. The summed E-state index contributed by atoms with van der Waals surface area (Å²) in [5.41, 5.74) is 1.39. The number of halogens is 2. The number of rotatable bonds is 5. The van der Waals surface area contributed by atoms with Crippen LogP contribution >= 0.6 is 39.7 Å². The maximum Gasteiger partial charge on any atom is 0.265 e. The second-order valence-corrected chi connectivity index (χ2v) is 7.74. The van der Waals surface area contributed by atoms with Crippen LogP contribution < -0.4 is 14.8 Å². The maximum atomic E-state index is 12.4. The second kappa shape index (κ2) is 8.94. The molecule has 2 amide bonds. The van der Waals surface area contributed by atoms with Crippen LogP contribution in [0.15, 0.2) is 46.4 Å². The molecular weight excluding hydrogens is 480 g/mol. The number of amides is 2. The van der Waals surface area contributed by atoms with Gasteiger partial charge in [-0.25, -0.2) is 0 Å². The molecule has 2 aromatic rings. The highest BCUT2D eigenvalue weighted by atomic mass is 79.9. The molecular formula is C20H16BrClN2O4S. The molecule has 1 fully saturated rings. The van der Waals surface area contributed by atoms with Crippen LogP contribution in [0.1, 0.15) is 11.1 Å². The molecule has 0 aromatic heterocycles. The topological polar surface area (TPSA) is 67.9 Å². The maximum absolute atomic E-state index is 12.4. The van der Waals surface area contributed by atoms with Gasteiger partial charge >= 0.3 is 0 Å². The van der Waals surface area contributed by atoms with Gasteiger partial charge in [-0.3, -0.25) is 19.8 Å². The van der Waals surface area contributed by atoms with E-state index in [1.54, 1.807) is 18.2 Å². The van der Waals surface area contributed by atoms with Gasteiger partial charge < -0.3 is 9.47 Å². The Morgan fingerprint density at radius 2 is 2.00 bits per heavy atom. The lowest BCUT2D eigenvalue weighted by Gasteiger charge is -2.25. The van der Waals surface area contributed by atoms with Crippen LogP contribution in [-0.2, 0) is 16.2 Å². The van der Waals surface area contributed by atoms with Gasteiger partial charge in [-0.05, 0) is 58.0 Å². The quantitative estimate of drug-likeness (QED) is 0.387. The highest BCUT2D eigenvalue weighted by Crippen LogP contribution is 2.38. The Kier molecular flexibility index (Phi) is 6.56. The lowest BCUT2D eigenvalue weighted by Crippen LogP contribution is -2.52. The number of nitrogens with zero attached hydrogens (tertiary/aromatic N) is 1. The first-order valence-electron chi connectivity index (χ1n) is 8.40. The predicted molar refractivity (Wildman–Crippen MR) is 118 cm³/mol. The number of hydrogen-bond donors (Lipinski definition) is 1. The molecule has 0 unspecified atom stereocenters. The molecule has 150 valence electrons. The summed E-state index contributed by atoms with van der Waals surface area (Å²) in [5.74, 6) is -0.113. The largest absolute Gasteiger partial charge is 0.493 e. The fourth-order valence-electron chi connectivity index (χ4n) is 2.64. The highest BCUT2D eigenvalue weighted by Gasteiger charge is 2.30. The zero-order chi connectivity index (χ0) is 21.1. The van der Waals surface area contributed by atoms with Gasteiger partial charge in [-0.15, -0.1) is 0 Å². The standard InChI is InChI=1S/C20H16BrClN2O4S/c1-24-19(26)13(18(25)23-20(24)29)7-11-8-14(21)17(16(9-11)27-2)28-10-12-5-3-4-6-15(12)22/h3-9H,10H2,1-2H3,(H,23,25,29)/b13-7-. The van der Waals surface area contributed by atoms with Crippen molar-refractivity contribution in [2.45, 2.75) is 6.61 Å². The van der Waals surface area contributed by atoms with Gasteiger partial charge in [0.2, 0.25) is 0 Å². The van der Waals surface area contributed by atoms with Gasteiger partial charge in [0.25, 0.3) is 11.8 Å². The van der Waals surface area contributed by atoms with E-state index >= 15 is 0 Å². The number of nitrogens with one attached hydrogen (secondary N) is 1. The van der Waals surface area contributed by atoms with E-state index in [2.05, 4.69) is 21.2 Å². The number of likely N-dealkylation sites (N-methyl/N-ethyl adjacent to an activating group) is 1. The molecule has 29 heavy (non-hydrogen) atoms. The van der Waals surface area contributed by atoms with Gasteiger partial charge in [0.1, 0.15) is 12.2 Å². The lowest BCUT2D eigenvalue weighted by molar-refractivity contribution is -0.128. The first-order valence-corrected chi connectivity index (χ1v) is 9.98. The Bertz CT molecular complexity index is 1040. The van der Waals surface area contributed by atoms with Crippen molar-refractivity contribution >= 4 is 62.8 Å². The summed E-state index contributed by atoms with van der Waals surface area (Å²) in [6.45, 7) is 0.248. The molecule has 6 nitrogen and oxygen atoms in total. The van der Waals surface area contributed by atoms with Crippen molar-refractivity contribution in [3.63, 3.8) is 0 Å². The third-order valence-electron chi connectivity index (χ3n) is 4.20. The molecule has 1 saturated heterocycles. The van der Waals surface area contributed by atoms with E-state index < -0.39 is 11.8 Å². The van der Waals surface area contributed by atoms with E-state index in [9.17, 15) is 9.59 Å². The zero-order valence-electron chi connectivity index (χ0n) is 15.5. The van der Waals surface area contributed by atoms with Crippen molar-refractivity contribution in [1.82, 2.24) is 10.2 Å². The van der Waals surface area contributed by atoms with Crippen molar-refractivity contribution in [2.75, 3.05) is 14.2 Å². The highest BCUT2D eigenvalue weighted by molar-refractivity contribution is 9.10. The van der Waals surface area contributed by atoms with Crippen molar-refractivity contribution in [1.29, 1.82) is 0 Å². The number of methoxy groups -OCH3 is 1. The van der Waals surface area contributed by atoms with Crippen molar-refractivity contribution < 1.29 is 19.1 Å². The number of benzene rings is 2. The van der Waals surface area contributed by atoms with Crippen LogP contribution in [-0.4, -0.2) is 36.0 Å². The molecule has 1 aliphatic rings. The molecule has 0 aliphatic carbocycles. The minimum absolute atomic E-state index is 0.0280. The van der Waals surface area contributed by atoms with Crippen molar-refractivity contribution in [2.24, 2.45) is 0 Å². The van der Waals surface area contributed by atoms with Crippen LogP contribution in [0.5, 0.6) is 11.5 Å². The normalized spacial score (nSPS) is 15.5. The lowest BCUT2D eigenvalue weighted by atomic mass is 10.1. The average molecular weight is 496 g/mol. The average Bonchev–Trinajstić information content (AvgIpc) is 2.69. The van der Waals surface area contributed by atoms with E-state index in [4.69, 9.17) is 33.3 Å². The number of carbonyl (C=O) groups is 2. The number of hydrogen-bond acceptors (Lipinski definition) is 5. The smallest absolute Gasteiger partial charge is 0.265 e. The summed E-state index contributed by atoms with van der Waals surface area (Å²) in [7, 11) is 3.01. The molecule has 2 aromatic carbocycles. The molecule has 0 bridgehead atoms. The second-order valence-electron chi connectivity index (χ2n) is 6.10. The number of thiocarbonyl (C=S) groups is 1. The zero-order valence-corrected chi connectivity index (χ0v) is 18.7. The fourth-order valence-corrected chi connectivity index (χ4v) is 3.58. The van der Waals surface area contributed by atoms with E-state index in [0.717, 1.165) is 5.56 Å². The summed E-state index contributed by atoms with van der Waals surface area (Å²) >= 11 is 14.6. The molecule has 1 aliphatic heterocycles. The Labute approximate surface area is 186 Å². The summed E-state index contributed by atoms with van der Waals surface area (Å²) in [5, 5.41) is 3.15.